The van der Waals surface area contributed by atoms with Gasteiger partial charge < -0.3 is 15.0 Å². The molecule has 0 aliphatic heterocycles. The fourth-order valence-corrected chi connectivity index (χ4v) is 1.65. The van der Waals surface area contributed by atoms with E-state index >= 15 is 0 Å². The summed E-state index contributed by atoms with van der Waals surface area (Å²) < 4.78 is 5.65. The van der Waals surface area contributed by atoms with Crippen LogP contribution in [0.5, 0.6) is 5.75 Å². The van der Waals surface area contributed by atoms with Crippen LogP contribution in [0.4, 0.5) is 5.82 Å². The van der Waals surface area contributed by atoms with Crippen molar-refractivity contribution in [1.29, 1.82) is 0 Å². The van der Waals surface area contributed by atoms with Gasteiger partial charge in [0.05, 0.1) is 6.10 Å². The lowest BCUT2D eigenvalue weighted by Crippen LogP contribution is -2.16. The molecule has 19 heavy (non-hydrogen) atoms. The molecule has 2 heterocycles. The van der Waals surface area contributed by atoms with Crippen LogP contribution in [0.3, 0.4) is 0 Å². The predicted molar refractivity (Wildman–Crippen MR) is 74.4 cm³/mol. The molecule has 0 aliphatic carbocycles. The maximum atomic E-state index is 11.6. The van der Waals surface area contributed by atoms with E-state index in [2.05, 4.69) is 15.3 Å². The minimum Gasteiger partial charge on any atom is -0.487 e. The summed E-state index contributed by atoms with van der Waals surface area (Å²) >= 11 is 0. The molecule has 5 heteroatoms. The van der Waals surface area contributed by atoms with Gasteiger partial charge in [0.1, 0.15) is 0 Å². The Morgan fingerprint density at radius 2 is 2.21 bits per heavy atom. The zero-order chi connectivity index (χ0) is 13.7. The summed E-state index contributed by atoms with van der Waals surface area (Å²) in [5, 5.41) is 3.12. The standard InChI is InChI=1S/C14H17N3O2/c1-10(2)19-12-6-4-7-15-13(12)17-9-11-5-3-8-16-14(11)18/h3-8,10H,9H2,1-2H3,(H,15,17)(H,16,18). The van der Waals surface area contributed by atoms with Gasteiger partial charge in [-0.05, 0) is 32.0 Å². The Balaban J connectivity index is 2.11. The highest BCUT2D eigenvalue weighted by Gasteiger charge is 2.06. The summed E-state index contributed by atoms with van der Waals surface area (Å²) in [5.74, 6) is 1.32. The molecule has 2 aromatic heterocycles. The average Bonchev–Trinajstić information content (AvgIpc) is 2.39. The molecule has 0 fully saturated rings. The molecule has 0 atom stereocenters. The molecule has 100 valence electrons. The van der Waals surface area contributed by atoms with Gasteiger partial charge in [0, 0.05) is 24.5 Å². The summed E-state index contributed by atoms with van der Waals surface area (Å²) in [6, 6.07) is 7.24. The maximum Gasteiger partial charge on any atom is 0.252 e. The molecule has 0 aliphatic rings. The number of ether oxygens (including phenoxy) is 1. The molecule has 2 aromatic rings. The van der Waals surface area contributed by atoms with Crippen molar-refractivity contribution >= 4 is 5.82 Å². The zero-order valence-corrected chi connectivity index (χ0v) is 11.0. The van der Waals surface area contributed by atoms with Crippen LogP contribution >= 0.6 is 0 Å². The Morgan fingerprint density at radius 3 is 2.95 bits per heavy atom. The van der Waals surface area contributed by atoms with Gasteiger partial charge >= 0.3 is 0 Å². The van der Waals surface area contributed by atoms with Crippen LogP contribution in [0.2, 0.25) is 0 Å². The second-order valence-corrected chi connectivity index (χ2v) is 4.39. The zero-order valence-electron chi connectivity index (χ0n) is 11.0. The number of nitrogens with one attached hydrogen (secondary N) is 2. The third-order valence-electron chi connectivity index (χ3n) is 2.48. The van der Waals surface area contributed by atoms with Gasteiger partial charge in [-0.25, -0.2) is 4.98 Å². The molecule has 0 unspecified atom stereocenters. The fraction of sp³-hybridized carbons (Fsp3) is 0.286. The van der Waals surface area contributed by atoms with Gasteiger partial charge in [-0.15, -0.1) is 0 Å². The normalized spacial score (nSPS) is 10.5. The number of rotatable bonds is 5. The van der Waals surface area contributed by atoms with E-state index in [0.717, 1.165) is 0 Å². The van der Waals surface area contributed by atoms with Gasteiger partial charge in [-0.2, -0.15) is 0 Å². The molecule has 2 N–H and O–H groups in total. The minimum absolute atomic E-state index is 0.0740. The smallest absolute Gasteiger partial charge is 0.252 e. The number of pyridine rings is 2. The topological polar surface area (TPSA) is 67.0 Å². The van der Waals surface area contributed by atoms with E-state index in [9.17, 15) is 4.79 Å². The number of aromatic amines is 1. The van der Waals surface area contributed by atoms with Crippen molar-refractivity contribution in [2.45, 2.75) is 26.5 Å². The third kappa shape index (κ3) is 3.58. The van der Waals surface area contributed by atoms with Crippen LogP contribution in [0, 0.1) is 0 Å². The van der Waals surface area contributed by atoms with E-state index in [4.69, 9.17) is 4.74 Å². The second kappa shape index (κ2) is 6.04. The molecule has 0 saturated heterocycles. The fourth-order valence-electron chi connectivity index (χ4n) is 1.65. The van der Waals surface area contributed by atoms with Gasteiger partial charge in [0.25, 0.3) is 5.56 Å². The Kier molecular flexibility index (Phi) is 4.18. The molecule has 2 rings (SSSR count). The first-order chi connectivity index (χ1) is 9.16. The van der Waals surface area contributed by atoms with E-state index in [0.29, 0.717) is 23.7 Å². The first-order valence-corrected chi connectivity index (χ1v) is 6.19. The van der Waals surface area contributed by atoms with Crippen LogP contribution in [-0.2, 0) is 6.54 Å². The van der Waals surface area contributed by atoms with Gasteiger partial charge in [0.2, 0.25) is 0 Å². The van der Waals surface area contributed by atoms with Crippen molar-refractivity contribution in [3.63, 3.8) is 0 Å². The second-order valence-electron chi connectivity index (χ2n) is 4.39. The number of hydrogen-bond donors (Lipinski definition) is 2. The molecule has 0 amide bonds. The molecule has 0 saturated carbocycles. The number of hydrogen-bond acceptors (Lipinski definition) is 4. The van der Waals surface area contributed by atoms with Crippen LogP contribution in [0.1, 0.15) is 19.4 Å². The largest absolute Gasteiger partial charge is 0.487 e. The summed E-state index contributed by atoms with van der Waals surface area (Å²) in [6.07, 6.45) is 3.37. The summed E-state index contributed by atoms with van der Waals surface area (Å²) in [4.78, 5) is 18.4. The highest BCUT2D eigenvalue weighted by atomic mass is 16.5. The van der Waals surface area contributed by atoms with Crippen molar-refractivity contribution in [3.05, 3.63) is 52.6 Å². The monoisotopic (exact) mass is 259 g/mol. The van der Waals surface area contributed by atoms with E-state index in [1.54, 1.807) is 24.5 Å². The van der Waals surface area contributed by atoms with Crippen LogP contribution in [-0.4, -0.2) is 16.1 Å². The van der Waals surface area contributed by atoms with Crippen molar-refractivity contribution in [2.75, 3.05) is 5.32 Å². The number of nitrogens with zero attached hydrogens (tertiary/aromatic N) is 1. The highest BCUT2D eigenvalue weighted by molar-refractivity contribution is 5.49. The SMILES string of the molecule is CC(C)Oc1cccnc1NCc1ccc[nH]c1=O. The first kappa shape index (κ1) is 13.1. The number of anilines is 1. The predicted octanol–water partition coefficient (Wildman–Crippen LogP) is 2.17. The van der Waals surface area contributed by atoms with Gasteiger partial charge in [-0.1, -0.05) is 6.07 Å². The quantitative estimate of drug-likeness (QED) is 0.863. The lowest BCUT2D eigenvalue weighted by atomic mass is 10.3. The van der Waals surface area contributed by atoms with Gasteiger partial charge in [0.15, 0.2) is 11.6 Å². The van der Waals surface area contributed by atoms with E-state index in [-0.39, 0.29) is 11.7 Å². The van der Waals surface area contributed by atoms with Gasteiger partial charge in [-0.3, -0.25) is 4.79 Å². The average molecular weight is 259 g/mol. The summed E-state index contributed by atoms with van der Waals surface area (Å²) in [6.45, 7) is 4.32. The molecular weight excluding hydrogens is 242 g/mol. The molecule has 0 aromatic carbocycles. The molecule has 0 spiro atoms. The third-order valence-corrected chi connectivity index (χ3v) is 2.48. The van der Waals surface area contributed by atoms with Crippen molar-refractivity contribution in [1.82, 2.24) is 9.97 Å². The Morgan fingerprint density at radius 1 is 1.37 bits per heavy atom. The van der Waals surface area contributed by atoms with Crippen molar-refractivity contribution in [3.8, 4) is 5.75 Å². The Hall–Kier alpha value is -2.30. The molecular formula is C14H17N3O2. The Labute approximate surface area is 111 Å². The lowest BCUT2D eigenvalue weighted by Gasteiger charge is -2.14. The maximum absolute atomic E-state index is 11.6. The Bertz CT molecular complexity index is 593. The highest BCUT2D eigenvalue weighted by Crippen LogP contribution is 2.22. The summed E-state index contributed by atoms with van der Waals surface area (Å²) in [7, 11) is 0. The molecule has 5 nitrogen and oxygen atoms in total. The first-order valence-electron chi connectivity index (χ1n) is 6.19. The molecule has 0 radical (unpaired) electrons. The van der Waals surface area contributed by atoms with Crippen molar-refractivity contribution < 1.29 is 4.74 Å². The van der Waals surface area contributed by atoms with Crippen molar-refractivity contribution in [2.24, 2.45) is 0 Å². The lowest BCUT2D eigenvalue weighted by molar-refractivity contribution is 0.243. The number of aromatic nitrogens is 2. The van der Waals surface area contributed by atoms with Crippen LogP contribution in [0.25, 0.3) is 0 Å². The van der Waals surface area contributed by atoms with E-state index in [1.165, 1.54) is 0 Å². The van der Waals surface area contributed by atoms with Crippen LogP contribution < -0.4 is 15.6 Å². The number of H-pyrrole nitrogens is 1. The molecule has 0 bridgehead atoms. The van der Waals surface area contributed by atoms with Crippen LogP contribution in [0.15, 0.2) is 41.5 Å². The minimum atomic E-state index is -0.0998. The van der Waals surface area contributed by atoms with E-state index in [1.807, 2.05) is 26.0 Å². The van der Waals surface area contributed by atoms with E-state index < -0.39 is 0 Å². The summed E-state index contributed by atoms with van der Waals surface area (Å²) in [5.41, 5.74) is 0.556.